The lowest BCUT2D eigenvalue weighted by molar-refractivity contribution is -0.138. The summed E-state index contributed by atoms with van der Waals surface area (Å²) in [5, 5.41) is 11.3. The Bertz CT molecular complexity index is 324. The molecule has 0 heterocycles. The summed E-state index contributed by atoms with van der Waals surface area (Å²) in [5.41, 5.74) is 5.35. The highest BCUT2D eigenvalue weighted by atomic mass is 19.3. The van der Waals surface area contributed by atoms with Crippen LogP contribution in [0.25, 0.3) is 0 Å². The number of likely N-dealkylation sites (N-methyl/N-ethyl adjacent to an activating group) is 1. The van der Waals surface area contributed by atoms with E-state index in [4.69, 9.17) is 10.9 Å². The third-order valence-electron chi connectivity index (χ3n) is 3.24. The zero-order valence-electron chi connectivity index (χ0n) is 10.4. The van der Waals surface area contributed by atoms with Crippen molar-refractivity contribution in [3.63, 3.8) is 0 Å². The first-order valence-corrected chi connectivity index (χ1v) is 6.02. The minimum atomic E-state index is -2.64. The van der Waals surface area contributed by atoms with Gasteiger partial charge < -0.3 is 15.8 Å². The molecule has 1 rings (SSSR count). The minimum Gasteiger partial charge on any atom is -0.409 e. The van der Waals surface area contributed by atoms with E-state index < -0.39 is 5.92 Å². The summed E-state index contributed by atoms with van der Waals surface area (Å²) in [6, 6.07) is 0. The van der Waals surface area contributed by atoms with Gasteiger partial charge in [0.25, 0.3) is 0 Å². The topological polar surface area (TPSA) is 78.9 Å². The van der Waals surface area contributed by atoms with Gasteiger partial charge in [0, 0.05) is 25.3 Å². The van der Waals surface area contributed by atoms with Gasteiger partial charge in [-0.15, -0.1) is 0 Å². The molecule has 5 nitrogen and oxygen atoms in total. The molecule has 0 spiro atoms. The highest BCUT2D eigenvalue weighted by molar-refractivity contribution is 5.87. The molecule has 0 aromatic heterocycles. The SMILES string of the molecule is CCN(CC(N)=NO)C(=O)C1CCC(F)(F)CC1. The normalized spacial score (nSPS) is 20.7. The highest BCUT2D eigenvalue weighted by Gasteiger charge is 2.38. The van der Waals surface area contributed by atoms with Gasteiger partial charge in [-0.2, -0.15) is 0 Å². The fraction of sp³-hybridized carbons (Fsp3) is 0.818. The molecule has 0 atom stereocenters. The molecule has 1 aliphatic rings. The van der Waals surface area contributed by atoms with Crippen LogP contribution in [0.3, 0.4) is 0 Å². The van der Waals surface area contributed by atoms with Crippen molar-refractivity contribution in [2.75, 3.05) is 13.1 Å². The molecular weight excluding hydrogens is 244 g/mol. The van der Waals surface area contributed by atoms with Crippen LogP contribution >= 0.6 is 0 Å². The predicted octanol–water partition coefficient (Wildman–Crippen LogP) is 1.41. The Morgan fingerprint density at radius 3 is 2.50 bits per heavy atom. The molecule has 1 amide bonds. The molecule has 18 heavy (non-hydrogen) atoms. The maximum atomic E-state index is 13.0. The Labute approximate surface area is 105 Å². The van der Waals surface area contributed by atoms with Crippen LogP contribution in [0.5, 0.6) is 0 Å². The van der Waals surface area contributed by atoms with Crippen molar-refractivity contribution >= 4 is 11.7 Å². The summed E-state index contributed by atoms with van der Waals surface area (Å²) in [5.74, 6) is -3.28. The van der Waals surface area contributed by atoms with E-state index >= 15 is 0 Å². The highest BCUT2D eigenvalue weighted by Crippen LogP contribution is 2.36. The lowest BCUT2D eigenvalue weighted by Gasteiger charge is -2.31. The maximum Gasteiger partial charge on any atom is 0.248 e. The van der Waals surface area contributed by atoms with Crippen LogP contribution in [0.1, 0.15) is 32.6 Å². The van der Waals surface area contributed by atoms with Gasteiger partial charge in [0.05, 0.1) is 6.54 Å². The quantitative estimate of drug-likeness (QED) is 0.348. The summed E-state index contributed by atoms with van der Waals surface area (Å²) >= 11 is 0. The van der Waals surface area contributed by atoms with E-state index in [0.717, 1.165) is 0 Å². The molecule has 0 radical (unpaired) electrons. The van der Waals surface area contributed by atoms with Crippen molar-refractivity contribution in [3.05, 3.63) is 0 Å². The van der Waals surface area contributed by atoms with Crippen LogP contribution in [0.2, 0.25) is 0 Å². The number of nitrogens with zero attached hydrogens (tertiary/aromatic N) is 2. The van der Waals surface area contributed by atoms with E-state index in [-0.39, 0.29) is 49.9 Å². The summed E-state index contributed by atoms with van der Waals surface area (Å²) in [7, 11) is 0. The first kappa shape index (κ1) is 14.7. The second-order valence-electron chi connectivity index (χ2n) is 4.57. The van der Waals surface area contributed by atoms with Gasteiger partial charge in [0.1, 0.15) is 0 Å². The fourth-order valence-corrected chi connectivity index (χ4v) is 2.12. The summed E-state index contributed by atoms with van der Waals surface area (Å²) < 4.78 is 26.0. The van der Waals surface area contributed by atoms with Gasteiger partial charge in [0.2, 0.25) is 11.8 Å². The van der Waals surface area contributed by atoms with Gasteiger partial charge >= 0.3 is 0 Å². The number of amides is 1. The third kappa shape index (κ3) is 3.82. The Morgan fingerprint density at radius 1 is 1.50 bits per heavy atom. The molecule has 0 saturated heterocycles. The third-order valence-corrected chi connectivity index (χ3v) is 3.24. The Morgan fingerprint density at radius 2 is 2.06 bits per heavy atom. The Hall–Kier alpha value is -1.40. The van der Waals surface area contributed by atoms with E-state index in [2.05, 4.69) is 5.16 Å². The second-order valence-corrected chi connectivity index (χ2v) is 4.57. The monoisotopic (exact) mass is 263 g/mol. The predicted molar refractivity (Wildman–Crippen MR) is 62.6 cm³/mol. The number of rotatable bonds is 4. The Balaban J connectivity index is 2.57. The number of carbonyl (C=O) groups is 1. The first-order chi connectivity index (χ1) is 8.39. The summed E-state index contributed by atoms with van der Waals surface area (Å²) in [6.45, 7) is 2.20. The van der Waals surface area contributed by atoms with Crippen LogP contribution in [0.4, 0.5) is 8.78 Å². The first-order valence-electron chi connectivity index (χ1n) is 6.02. The maximum absolute atomic E-state index is 13.0. The lowest BCUT2D eigenvalue weighted by atomic mass is 9.86. The van der Waals surface area contributed by atoms with Crippen molar-refractivity contribution in [2.45, 2.75) is 38.5 Å². The largest absolute Gasteiger partial charge is 0.409 e. The van der Waals surface area contributed by atoms with Gasteiger partial charge in [-0.05, 0) is 19.8 Å². The smallest absolute Gasteiger partial charge is 0.248 e. The number of oxime groups is 1. The van der Waals surface area contributed by atoms with Crippen LogP contribution in [-0.4, -0.2) is 40.9 Å². The number of carbonyl (C=O) groups excluding carboxylic acids is 1. The van der Waals surface area contributed by atoms with Gasteiger partial charge in [-0.3, -0.25) is 4.79 Å². The van der Waals surface area contributed by atoms with Crippen molar-refractivity contribution in [1.82, 2.24) is 4.90 Å². The lowest BCUT2D eigenvalue weighted by Crippen LogP contribution is -2.43. The van der Waals surface area contributed by atoms with Crippen molar-refractivity contribution in [1.29, 1.82) is 0 Å². The summed E-state index contributed by atoms with van der Waals surface area (Å²) in [4.78, 5) is 13.5. The van der Waals surface area contributed by atoms with Gasteiger partial charge in [-0.25, -0.2) is 8.78 Å². The molecule has 0 bridgehead atoms. The van der Waals surface area contributed by atoms with E-state index in [1.165, 1.54) is 4.90 Å². The average molecular weight is 263 g/mol. The number of hydrogen-bond acceptors (Lipinski definition) is 3. The van der Waals surface area contributed by atoms with Crippen LogP contribution in [0, 0.1) is 5.92 Å². The van der Waals surface area contributed by atoms with Crippen molar-refractivity contribution < 1.29 is 18.8 Å². The molecule has 0 aromatic rings. The van der Waals surface area contributed by atoms with Crippen molar-refractivity contribution in [2.24, 2.45) is 16.8 Å². The van der Waals surface area contributed by atoms with E-state index in [1.54, 1.807) is 6.92 Å². The van der Waals surface area contributed by atoms with Crippen molar-refractivity contribution in [3.8, 4) is 0 Å². The van der Waals surface area contributed by atoms with Gasteiger partial charge in [-0.1, -0.05) is 5.16 Å². The zero-order chi connectivity index (χ0) is 13.8. The molecule has 0 aliphatic heterocycles. The van der Waals surface area contributed by atoms with Gasteiger partial charge in [0.15, 0.2) is 5.84 Å². The standard InChI is InChI=1S/C11H19F2N3O2/c1-2-16(7-9(14)15-18)10(17)8-3-5-11(12,13)6-4-8/h8,18H,2-7H2,1H3,(H2,14,15). The Kier molecular flexibility index (Phi) is 4.86. The average Bonchev–Trinajstić information content (AvgIpc) is 2.34. The van der Waals surface area contributed by atoms with Crippen LogP contribution in [-0.2, 0) is 4.79 Å². The van der Waals surface area contributed by atoms with E-state index in [0.29, 0.717) is 6.54 Å². The number of amidine groups is 1. The number of nitrogens with two attached hydrogens (primary N) is 1. The number of halogens is 2. The molecule has 1 fully saturated rings. The number of hydrogen-bond donors (Lipinski definition) is 2. The van der Waals surface area contributed by atoms with E-state index in [9.17, 15) is 13.6 Å². The molecular formula is C11H19F2N3O2. The summed E-state index contributed by atoms with van der Waals surface area (Å²) in [6.07, 6.45) is -0.105. The molecule has 1 saturated carbocycles. The van der Waals surface area contributed by atoms with Crippen LogP contribution < -0.4 is 5.73 Å². The molecule has 0 aromatic carbocycles. The molecule has 104 valence electrons. The molecule has 1 aliphatic carbocycles. The minimum absolute atomic E-state index is 0.0265. The number of alkyl halides is 2. The molecule has 0 unspecified atom stereocenters. The van der Waals surface area contributed by atoms with E-state index in [1.807, 2.05) is 0 Å². The van der Waals surface area contributed by atoms with Crippen LogP contribution in [0.15, 0.2) is 5.16 Å². The molecule has 3 N–H and O–H groups in total. The fourth-order valence-electron chi connectivity index (χ4n) is 2.12. The second kappa shape index (κ2) is 5.97. The zero-order valence-corrected chi connectivity index (χ0v) is 10.4. The molecule has 7 heteroatoms.